The van der Waals surface area contributed by atoms with Crippen molar-refractivity contribution < 1.29 is 33.8 Å². The average Bonchev–Trinajstić information content (AvgIpc) is 3.25. The predicted molar refractivity (Wildman–Crippen MR) is 142 cm³/mol. The van der Waals surface area contributed by atoms with E-state index in [1.165, 1.54) is 36.2 Å². The minimum absolute atomic E-state index is 0.0587. The number of phenolic OH excluding ortho intramolecular Hbond substituents is 1. The molecule has 0 radical (unpaired) electrons. The first kappa shape index (κ1) is 27.2. The molecule has 6 atom stereocenters. The highest BCUT2D eigenvalue weighted by atomic mass is 16.5. The highest BCUT2D eigenvalue weighted by Crippen LogP contribution is 2.61. The first-order chi connectivity index (χ1) is 18.1. The summed E-state index contributed by atoms with van der Waals surface area (Å²) in [5.41, 5.74) is 0.00859. The molecule has 9 nitrogen and oxygen atoms in total. The second-order valence-electron chi connectivity index (χ2n) is 13.2. The predicted octanol–water partition coefficient (Wildman–Crippen LogP) is 3.64. The summed E-state index contributed by atoms with van der Waals surface area (Å²) in [6.45, 7) is 11.0. The summed E-state index contributed by atoms with van der Waals surface area (Å²) in [5, 5.41) is 10.3. The van der Waals surface area contributed by atoms with Crippen LogP contribution in [0.1, 0.15) is 65.9 Å². The molecular formula is C30H38N2O7. The van der Waals surface area contributed by atoms with Gasteiger partial charge in [0.25, 0.3) is 0 Å². The van der Waals surface area contributed by atoms with Crippen molar-refractivity contribution in [3.05, 3.63) is 29.3 Å². The van der Waals surface area contributed by atoms with Gasteiger partial charge in [0.1, 0.15) is 17.2 Å². The molecule has 3 fully saturated rings. The number of fused-ring (bicyclic) bond motifs is 4. The normalized spacial score (nSPS) is 30.7. The van der Waals surface area contributed by atoms with E-state index in [-0.39, 0.29) is 29.4 Å². The Labute approximate surface area is 229 Å². The molecule has 39 heavy (non-hydrogen) atoms. The number of ether oxygens (including phenoxy) is 2. The van der Waals surface area contributed by atoms with E-state index in [9.17, 15) is 24.3 Å². The lowest BCUT2D eigenvalue weighted by Gasteiger charge is -2.44. The van der Waals surface area contributed by atoms with Crippen LogP contribution < -0.4 is 9.47 Å². The molecule has 9 heteroatoms. The number of methoxy groups -OCH3 is 2. The summed E-state index contributed by atoms with van der Waals surface area (Å²) in [6.07, 6.45) is 2.67. The topological polar surface area (TPSA) is 113 Å². The molecule has 6 unspecified atom stereocenters. The molecule has 1 aromatic rings. The Morgan fingerprint density at radius 3 is 1.72 bits per heavy atom. The smallest absolute Gasteiger partial charge is 0.234 e. The van der Waals surface area contributed by atoms with Gasteiger partial charge in [-0.05, 0) is 60.3 Å². The second kappa shape index (κ2) is 8.83. The summed E-state index contributed by atoms with van der Waals surface area (Å²) >= 11 is 0. The molecule has 2 heterocycles. The zero-order valence-electron chi connectivity index (χ0n) is 23.9. The van der Waals surface area contributed by atoms with Gasteiger partial charge in [-0.3, -0.25) is 29.0 Å². The Morgan fingerprint density at radius 2 is 1.23 bits per heavy atom. The molecule has 1 saturated carbocycles. The number of phenols is 1. The zero-order chi connectivity index (χ0) is 28.8. The van der Waals surface area contributed by atoms with Gasteiger partial charge in [-0.15, -0.1) is 0 Å². The van der Waals surface area contributed by atoms with Gasteiger partial charge >= 0.3 is 0 Å². The SMILES string of the molecule is COc1cc(O)cc(OC)c1C1C2=CCC3C(=O)N(C(C)(C)C)C(=O)C3C2CC2C(=O)N(C(C)(C)C)C(=O)C21. The van der Waals surface area contributed by atoms with E-state index in [0.29, 0.717) is 29.9 Å². The Morgan fingerprint density at radius 1 is 0.744 bits per heavy atom. The third kappa shape index (κ3) is 3.87. The lowest BCUT2D eigenvalue weighted by Crippen LogP contribution is -2.47. The number of aromatic hydroxyl groups is 1. The standard InChI is InChI=1S/C30H38N2O7/c1-29(2,3)31-25(34)16-10-9-15-17(21(16)27(31)36)13-18-23(28(37)32(26(18)35)30(4,5)6)22(15)24-19(38-7)11-14(33)12-20(24)39-8/h9,11-12,16-18,21-23,33H,10,13H2,1-8H3. The van der Waals surface area contributed by atoms with Crippen molar-refractivity contribution in [2.45, 2.75) is 71.4 Å². The van der Waals surface area contributed by atoms with E-state index in [4.69, 9.17) is 9.47 Å². The summed E-state index contributed by atoms with van der Waals surface area (Å²) in [6, 6.07) is 2.94. The Kier molecular flexibility index (Phi) is 6.16. The molecule has 2 saturated heterocycles. The number of carbonyl (C=O) groups excluding carboxylic acids is 4. The zero-order valence-corrected chi connectivity index (χ0v) is 23.9. The van der Waals surface area contributed by atoms with Crippen molar-refractivity contribution in [1.29, 1.82) is 0 Å². The van der Waals surface area contributed by atoms with E-state index in [2.05, 4.69) is 0 Å². The summed E-state index contributed by atoms with van der Waals surface area (Å²) in [5.74, 6) is -3.87. The van der Waals surface area contributed by atoms with E-state index in [0.717, 1.165) is 5.57 Å². The van der Waals surface area contributed by atoms with Gasteiger partial charge < -0.3 is 14.6 Å². The highest BCUT2D eigenvalue weighted by molar-refractivity contribution is 6.08. The summed E-state index contributed by atoms with van der Waals surface area (Å²) in [4.78, 5) is 58.0. The lowest BCUT2D eigenvalue weighted by atomic mass is 9.57. The van der Waals surface area contributed by atoms with Crippen molar-refractivity contribution >= 4 is 23.6 Å². The van der Waals surface area contributed by atoms with E-state index >= 15 is 0 Å². The van der Waals surface area contributed by atoms with Gasteiger partial charge in [-0.25, -0.2) is 0 Å². The molecule has 210 valence electrons. The largest absolute Gasteiger partial charge is 0.508 e. The first-order valence-corrected chi connectivity index (χ1v) is 13.5. The van der Waals surface area contributed by atoms with Crippen LogP contribution in [-0.2, 0) is 19.2 Å². The molecule has 5 rings (SSSR count). The van der Waals surface area contributed by atoms with Crippen LogP contribution in [0.25, 0.3) is 0 Å². The lowest BCUT2D eigenvalue weighted by molar-refractivity contribution is -0.147. The molecular weight excluding hydrogens is 500 g/mol. The number of carbonyl (C=O) groups is 4. The highest BCUT2D eigenvalue weighted by Gasteiger charge is 2.64. The number of hydrogen-bond acceptors (Lipinski definition) is 7. The van der Waals surface area contributed by atoms with Gasteiger partial charge in [0, 0.05) is 34.7 Å². The van der Waals surface area contributed by atoms with Crippen molar-refractivity contribution in [2.24, 2.45) is 29.6 Å². The third-order valence-electron chi connectivity index (χ3n) is 8.83. The minimum atomic E-state index is -0.733. The molecule has 2 aliphatic heterocycles. The van der Waals surface area contributed by atoms with Crippen LogP contribution in [0.3, 0.4) is 0 Å². The van der Waals surface area contributed by atoms with E-state index < -0.39 is 46.6 Å². The average molecular weight is 539 g/mol. The number of likely N-dealkylation sites (tertiary alicyclic amines) is 2. The van der Waals surface area contributed by atoms with Gasteiger partial charge in [0.05, 0.1) is 37.9 Å². The maximum absolute atomic E-state index is 14.1. The fourth-order valence-corrected chi connectivity index (χ4v) is 7.46. The summed E-state index contributed by atoms with van der Waals surface area (Å²) in [7, 11) is 2.95. The number of benzene rings is 1. The molecule has 4 amide bonds. The summed E-state index contributed by atoms with van der Waals surface area (Å²) < 4.78 is 11.4. The number of amides is 4. The number of imide groups is 2. The van der Waals surface area contributed by atoms with Crippen molar-refractivity contribution in [2.75, 3.05) is 14.2 Å². The van der Waals surface area contributed by atoms with Crippen LogP contribution in [0, 0.1) is 29.6 Å². The fraction of sp³-hybridized carbons (Fsp3) is 0.600. The molecule has 4 aliphatic rings. The number of nitrogens with zero attached hydrogens (tertiary/aromatic N) is 2. The van der Waals surface area contributed by atoms with Gasteiger partial charge in [0.15, 0.2) is 0 Å². The Hall–Kier alpha value is -3.36. The van der Waals surface area contributed by atoms with Crippen molar-refractivity contribution in [1.82, 2.24) is 9.80 Å². The fourth-order valence-electron chi connectivity index (χ4n) is 7.46. The molecule has 1 aromatic carbocycles. The van der Waals surface area contributed by atoms with Crippen molar-refractivity contribution in [3.8, 4) is 17.2 Å². The minimum Gasteiger partial charge on any atom is -0.508 e. The number of rotatable bonds is 3. The van der Waals surface area contributed by atoms with E-state index in [1.807, 2.05) is 47.6 Å². The van der Waals surface area contributed by atoms with Crippen LogP contribution in [0.5, 0.6) is 17.2 Å². The van der Waals surface area contributed by atoms with E-state index in [1.54, 1.807) is 0 Å². The number of allylic oxidation sites excluding steroid dienone is 2. The van der Waals surface area contributed by atoms with Gasteiger partial charge in [0.2, 0.25) is 23.6 Å². The van der Waals surface area contributed by atoms with Crippen LogP contribution in [0.2, 0.25) is 0 Å². The maximum Gasteiger partial charge on any atom is 0.234 e. The first-order valence-electron chi connectivity index (χ1n) is 13.5. The third-order valence-corrected chi connectivity index (χ3v) is 8.83. The van der Waals surface area contributed by atoms with Crippen LogP contribution in [0.15, 0.2) is 23.8 Å². The van der Waals surface area contributed by atoms with Crippen LogP contribution >= 0.6 is 0 Å². The Balaban J connectivity index is 1.73. The van der Waals surface area contributed by atoms with Gasteiger partial charge in [-0.2, -0.15) is 0 Å². The molecule has 0 bridgehead atoms. The Bertz CT molecular complexity index is 1280. The van der Waals surface area contributed by atoms with Crippen molar-refractivity contribution in [3.63, 3.8) is 0 Å². The van der Waals surface area contributed by atoms with Gasteiger partial charge in [-0.1, -0.05) is 11.6 Å². The molecule has 1 N–H and O–H groups in total. The molecule has 0 spiro atoms. The number of hydrogen-bond donors (Lipinski definition) is 1. The quantitative estimate of drug-likeness (QED) is 0.462. The molecule has 2 aliphatic carbocycles. The van der Waals surface area contributed by atoms with Crippen LogP contribution in [-0.4, -0.2) is 63.8 Å². The second-order valence-corrected chi connectivity index (χ2v) is 13.2. The maximum atomic E-state index is 14.1. The monoisotopic (exact) mass is 538 g/mol. The van der Waals surface area contributed by atoms with Crippen LogP contribution in [0.4, 0.5) is 0 Å². The molecule has 0 aromatic heterocycles.